The van der Waals surface area contributed by atoms with Crippen molar-refractivity contribution in [2.45, 2.75) is 50.3 Å². The van der Waals surface area contributed by atoms with Crippen LogP contribution in [0.3, 0.4) is 0 Å². The van der Waals surface area contributed by atoms with E-state index >= 15 is 0 Å². The second-order valence-corrected chi connectivity index (χ2v) is 5.59. The van der Waals surface area contributed by atoms with Crippen molar-refractivity contribution in [1.29, 1.82) is 0 Å². The molecule has 0 radical (unpaired) electrons. The molecule has 2 heterocycles. The zero-order valence-corrected chi connectivity index (χ0v) is 11.2. The van der Waals surface area contributed by atoms with Crippen LogP contribution in [0.4, 0.5) is 0 Å². The second kappa shape index (κ2) is 5.65. The maximum Gasteiger partial charge on any atom is 0.0667 e. The first-order valence-electron chi connectivity index (χ1n) is 6.94. The monoisotopic (exact) mass is 241 g/mol. The van der Waals surface area contributed by atoms with E-state index in [4.69, 9.17) is 10.5 Å². The van der Waals surface area contributed by atoms with Crippen LogP contribution in [0.2, 0.25) is 0 Å². The lowest BCUT2D eigenvalue weighted by atomic mass is 9.85. The molecule has 3 unspecified atom stereocenters. The van der Waals surface area contributed by atoms with E-state index in [0.29, 0.717) is 6.04 Å². The van der Waals surface area contributed by atoms with Crippen molar-refractivity contribution >= 4 is 0 Å². The van der Waals surface area contributed by atoms with Crippen LogP contribution in [0.15, 0.2) is 0 Å². The smallest absolute Gasteiger partial charge is 0.0667 e. The lowest BCUT2D eigenvalue weighted by Gasteiger charge is -2.41. The first-order chi connectivity index (χ1) is 8.22. The molecule has 0 aliphatic carbocycles. The van der Waals surface area contributed by atoms with Crippen molar-refractivity contribution in [2.75, 3.05) is 33.3 Å². The summed E-state index contributed by atoms with van der Waals surface area (Å²) in [5.41, 5.74) is 6.21. The van der Waals surface area contributed by atoms with Crippen molar-refractivity contribution in [3.63, 3.8) is 0 Å². The molecule has 2 saturated heterocycles. The van der Waals surface area contributed by atoms with Crippen LogP contribution in [0.5, 0.6) is 0 Å². The Balaban J connectivity index is 1.98. The summed E-state index contributed by atoms with van der Waals surface area (Å²) in [6, 6.07) is 0.644. The van der Waals surface area contributed by atoms with Gasteiger partial charge in [0.25, 0.3) is 0 Å². The maximum atomic E-state index is 6.07. The number of nitrogens with zero attached hydrogens (tertiary/aromatic N) is 1. The van der Waals surface area contributed by atoms with E-state index in [1.807, 2.05) is 0 Å². The zero-order valence-electron chi connectivity index (χ0n) is 11.2. The average Bonchev–Trinajstić information content (AvgIpc) is 2.76. The van der Waals surface area contributed by atoms with Gasteiger partial charge in [0.1, 0.15) is 0 Å². The SMILES string of the molecule is COC(C)CNC1(CN)CCN2CCCCC21. The highest BCUT2D eigenvalue weighted by Gasteiger charge is 2.46. The third-order valence-electron chi connectivity index (χ3n) is 4.60. The third-order valence-corrected chi connectivity index (χ3v) is 4.60. The summed E-state index contributed by atoms with van der Waals surface area (Å²) in [4.78, 5) is 2.63. The van der Waals surface area contributed by atoms with Gasteiger partial charge >= 0.3 is 0 Å². The number of hydrogen-bond donors (Lipinski definition) is 2. The lowest BCUT2D eigenvalue weighted by Crippen LogP contribution is -2.61. The van der Waals surface area contributed by atoms with Crippen molar-refractivity contribution in [2.24, 2.45) is 5.73 Å². The predicted octanol–water partition coefficient (Wildman–Crippen LogP) is 0.567. The second-order valence-electron chi connectivity index (χ2n) is 5.59. The molecule has 17 heavy (non-hydrogen) atoms. The predicted molar refractivity (Wildman–Crippen MR) is 70.1 cm³/mol. The summed E-state index contributed by atoms with van der Waals surface area (Å²) in [7, 11) is 1.77. The lowest BCUT2D eigenvalue weighted by molar-refractivity contribution is 0.0918. The molecule has 0 amide bonds. The van der Waals surface area contributed by atoms with Gasteiger partial charge < -0.3 is 15.8 Å². The number of methoxy groups -OCH3 is 1. The Morgan fingerprint density at radius 1 is 1.47 bits per heavy atom. The molecule has 100 valence electrons. The van der Waals surface area contributed by atoms with E-state index in [9.17, 15) is 0 Å². The van der Waals surface area contributed by atoms with Crippen LogP contribution in [0.25, 0.3) is 0 Å². The van der Waals surface area contributed by atoms with E-state index < -0.39 is 0 Å². The summed E-state index contributed by atoms with van der Waals surface area (Å²) in [6.45, 7) is 6.21. The Morgan fingerprint density at radius 3 is 3.00 bits per heavy atom. The molecule has 2 fully saturated rings. The normalized spacial score (nSPS) is 35.8. The number of hydrogen-bond acceptors (Lipinski definition) is 4. The summed E-state index contributed by atoms with van der Waals surface area (Å²) < 4.78 is 5.32. The fraction of sp³-hybridized carbons (Fsp3) is 1.00. The van der Waals surface area contributed by atoms with Gasteiger partial charge in [-0.15, -0.1) is 0 Å². The molecule has 2 aliphatic heterocycles. The van der Waals surface area contributed by atoms with Gasteiger partial charge in [0.15, 0.2) is 0 Å². The molecule has 0 bridgehead atoms. The molecule has 0 saturated carbocycles. The van der Waals surface area contributed by atoms with Crippen molar-refractivity contribution in [3.8, 4) is 0 Å². The maximum absolute atomic E-state index is 6.07. The van der Waals surface area contributed by atoms with Crippen LogP contribution in [-0.4, -0.2) is 55.9 Å². The molecule has 3 N–H and O–H groups in total. The van der Waals surface area contributed by atoms with Crippen LogP contribution in [-0.2, 0) is 4.74 Å². The zero-order chi connectivity index (χ0) is 12.3. The average molecular weight is 241 g/mol. The molecule has 2 rings (SSSR count). The minimum absolute atomic E-state index is 0.132. The Hall–Kier alpha value is -0.160. The van der Waals surface area contributed by atoms with Gasteiger partial charge in [-0.2, -0.15) is 0 Å². The highest BCUT2D eigenvalue weighted by molar-refractivity contribution is 5.07. The minimum Gasteiger partial charge on any atom is -0.380 e. The van der Waals surface area contributed by atoms with Gasteiger partial charge in [0.2, 0.25) is 0 Å². The van der Waals surface area contributed by atoms with E-state index in [1.54, 1.807) is 7.11 Å². The van der Waals surface area contributed by atoms with Gasteiger partial charge in [-0.05, 0) is 32.7 Å². The Kier molecular flexibility index (Phi) is 4.42. The van der Waals surface area contributed by atoms with E-state index in [2.05, 4.69) is 17.1 Å². The number of ether oxygens (including phenoxy) is 1. The summed E-state index contributed by atoms with van der Waals surface area (Å²) in [5, 5.41) is 3.70. The Labute approximate surface area is 105 Å². The molecule has 0 aromatic rings. The van der Waals surface area contributed by atoms with Crippen molar-refractivity contribution in [3.05, 3.63) is 0 Å². The largest absolute Gasteiger partial charge is 0.380 e. The fourth-order valence-corrected chi connectivity index (χ4v) is 3.34. The molecular formula is C13H27N3O. The number of fused-ring (bicyclic) bond motifs is 1. The Morgan fingerprint density at radius 2 is 2.29 bits per heavy atom. The molecule has 0 spiro atoms. The van der Waals surface area contributed by atoms with Gasteiger partial charge in [-0.3, -0.25) is 4.90 Å². The Bertz CT molecular complexity index is 249. The number of piperidine rings is 1. The molecule has 3 atom stereocenters. The summed E-state index contributed by atoms with van der Waals surface area (Å²) >= 11 is 0. The molecule has 2 aliphatic rings. The first-order valence-corrected chi connectivity index (χ1v) is 6.94. The highest BCUT2D eigenvalue weighted by atomic mass is 16.5. The van der Waals surface area contributed by atoms with Crippen molar-refractivity contribution < 1.29 is 4.74 Å². The van der Waals surface area contributed by atoms with Crippen LogP contribution >= 0.6 is 0 Å². The van der Waals surface area contributed by atoms with Gasteiger partial charge in [-0.1, -0.05) is 6.42 Å². The number of rotatable bonds is 5. The van der Waals surface area contributed by atoms with Crippen molar-refractivity contribution in [1.82, 2.24) is 10.2 Å². The van der Waals surface area contributed by atoms with E-state index in [0.717, 1.165) is 13.1 Å². The van der Waals surface area contributed by atoms with Crippen LogP contribution in [0, 0.1) is 0 Å². The van der Waals surface area contributed by atoms with Crippen LogP contribution < -0.4 is 11.1 Å². The molecule has 4 nitrogen and oxygen atoms in total. The minimum atomic E-state index is 0.132. The van der Waals surface area contributed by atoms with E-state index in [-0.39, 0.29) is 11.6 Å². The standard InChI is InChI=1S/C13H27N3O/c1-11(17-2)9-15-13(10-14)6-8-16-7-4-3-5-12(13)16/h11-12,15H,3-10,14H2,1-2H3. The van der Waals surface area contributed by atoms with E-state index in [1.165, 1.54) is 38.8 Å². The molecule has 0 aromatic carbocycles. The summed E-state index contributed by atoms with van der Waals surface area (Å²) in [5.74, 6) is 0. The molecule has 0 aromatic heterocycles. The van der Waals surface area contributed by atoms with Gasteiger partial charge in [-0.25, -0.2) is 0 Å². The fourth-order valence-electron chi connectivity index (χ4n) is 3.34. The van der Waals surface area contributed by atoms with Gasteiger partial charge in [0, 0.05) is 38.3 Å². The first kappa shape index (κ1) is 13.3. The molecule has 4 heteroatoms. The highest BCUT2D eigenvalue weighted by Crippen LogP contribution is 2.34. The van der Waals surface area contributed by atoms with Gasteiger partial charge in [0.05, 0.1) is 6.10 Å². The topological polar surface area (TPSA) is 50.5 Å². The van der Waals surface area contributed by atoms with Crippen LogP contribution in [0.1, 0.15) is 32.6 Å². The third kappa shape index (κ3) is 2.65. The quantitative estimate of drug-likeness (QED) is 0.739. The number of nitrogens with one attached hydrogen (secondary N) is 1. The molecular weight excluding hydrogens is 214 g/mol. The summed E-state index contributed by atoms with van der Waals surface area (Å²) in [6.07, 6.45) is 5.45. The number of nitrogens with two attached hydrogens (primary N) is 1.